The Hall–Kier alpha value is -4.06. The van der Waals surface area contributed by atoms with E-state index in [-0.39, 0.29) is 12.1 Å². The van der Waals surface area contributed by atoms with Gasteiger partial charge in [-0.3, -0.25) is 0 Å². The predicted molar refractivity (Wildman–Crippen MR) is 131 cm³/mol. The molecule has 1 unspecified atom stereocenters. The van der Waals surface area contributed by atoms with Crippen molar-refractivity contribution in [3.63, 3.8) is 0 Å². The minimum absolute atomic E-state index is 0.302. The number of carbonyl (C=O) groups excluding carboxylic acids is 2. The van der Waals surface area contributed by atoms with Crippen molar-refractivity contribution in [2.45, 2.75) is 39.8 Å². The van der Waals surface area contributed by atoms with Crippen LogP contribution in [0.25, 0.3) is 5.70 Å². The summed E-state index contributed by atoms with van der Waals surface area (Å²) in [7, 11) is 0. The van der Waals surface area contributed by atoms with Crippen LogP contribution in [0.3, 0.4) is 0 Å². The van der Waals surface area contributed by atoms with Crippen molar-refractivity contribution in [2.75, 3.05) is 0 Å². The molecule has 34 heavy (non-hydrogen) atoms. The third kappa shape index (κ3) is 4.96. The van der Waals surface area contributed by atoms with E-state index in [1.54, 1.807) is 13.8 Å². The van der Waals surface area contributed by atoms with Gasteiger partial charge in [0.25, 0.3) is 0 Å². The molecular formula is C28H28N2O4. The number of carbonyl (C=O) groups is 2. The first kappa shape index (κ1) is 23.1. The second-order valence-electron chi connectivity index (χ2n) is 8.51. The van der Waals surface area contributed by atoms with Crippen LogP contribution in [0.5, 0.6) is 11.5 Å². The summed E-state index contributed by atoms with van der Waals surface area (Å²) in [6, 6.07) is 21.5. The zero-order chi connectivity index (χ0) is 24.2. The SMILES string of the molecule is Cc1cccc(Oc2ccc(C3NC(=O)NC(c4ccccc4)=C3C(=O)OC(C)C)cc2)c1C. The Balaban J connectivity index is 1.71. The molecule has 0 aliphatic carbocycles. The molecule has 2 N–H and O–H groups in total. The van der Waals surface area contributed by atoms with Crippen LogP contribution in [-0.4, -0.2) is 18.1 Å². The Morgan fingerprint density at radius 2 is 1.62 bits per heavy atom. The van der Waals surface area contributed by atoms with Gasteiger partial charge < -0.3 is 20.1 Å². The summed E-state index contributed by atoms with van der Waals surface area (Å²) in [5, 5.41) is 5.67. The summed E-state index contributed by atoms with van der Waals surface area (Å²) in [4.78, 5) is 25.7. The first-order valence-corrected chi connectivity index (χ1v) is 11.3. The smallest absolute Gasteiger partial charge is 0.338 e. The number of ether oxygens (including phenoxy) is 2. The average molecular weight is 457 g/mol. The molecule has 1 atom stereocenters. The minimum Gasteiger partial charge on any atom is -0.459 e. The normalized spacial score (nSPS) is 15.6. The maximum atomic E-state index is 13.2. The highest BCUT2D eigenvalue weighted by Crippen LogP contribution is 2.34. The van der Waals surface area contributed by atoms with Crippen molar-refractivity contribution in [3.05, 3.63) is 101 Å². The summed E-state index contributed by atoms with van der Waals surface area (Å²) in [6.07, 6.45) is -0.302. The van der Waals surface area contributed by atoms with Crippen molar-refractivity contribution in [1.82, 2.24) is 10.6 Å². The molecule has 1 aliphatic rings. The number of hydrogen-bond acceptors (Lipinski definition) is 4. The van der Waals surface area contributed by atoms with E-state index in [4.69, 9.17) is 9.47 Å². The van der Waals surface area contributed by atoms with Gasteiger partial charge in [0, 0.05) is 0 Å². The standard InChI is InChI=1S/C28H28N2O4/c1-17(2)33-27(31)24-25(20-10-6-5-7-11-20)29-28(32)30-26(24)21-13-15-22(16-14-21)34-23-12-8-9-18(3)19(23)4/h5-17,26H,1-4H3,(H2,29,30,32). The molecule has 3 aromatic carbocycles. The Kier molecular flexibility index (Phi) is 6.68. The van der Waals surface area contributed by atoms with Crippen molar-refractivity contribution < 1.29 is 19.1 Å². The van der Waals surface area contributed by atoms with E-state index in [1.165, 1.54) is 0 Å². The van der Waals surface area contributed by atoms with Gasteiger partial charge in [0.1, 0.15) is 11.5 Å². The maximum absolute atomic E-state index is 13.2. The molecule has 4 rings (SSSR count). The van der Waals surface area contributed by atoms with Crippen molar-refractivity contribution in [3.8, 4) is 11.5 Å². The Morgan fingerprint density at radius 1 is 0.912 bits per heavy atom. The monoisotopic (exact) mass is 456 g/mol. The number of urea groups is 1. The van der Waals surface area contributed by atoms with Gasteiger partial charge in [-0.2, -0.15) is 0 Å². The number of rotatable bonds is 6. The van der Waals surface area contributed by atoms with Gasteiger partial charge in [0.15, 0.2) is 0 Å². The number of aryl methyl sites for hydroxylation is 1. The largest absolute Gasteiger partial charge is 0.459 e. The fourth-order valence-corrected chi connectivity index (χ4v) is 3.83. The molecule has 1 heterocycles. The minimum atomic E-state index is -0.676. The molecule has 0 bridgehead atoms. The fourth-order valence-electron chi connectivity index (χ4n) is 3.83. The molecule has 0 saturated heterocycles. The number of esters is 1. The predicted octanol–water partition coefficient (Wildman–Crippen LogP) is 5.81. The second kappa shape index (κ2) is 9.83. The van der Waals surface area contributed by atoms with Crippen LogP contribution < -0.4 is 15.4 Å². The highest BCUT2D eigenvalue weighted by Gasteiger charge is 2.34. The van der Waals surface area contributed by atoms with Crippen molar-refractivity contribution in [2.24, 2.45) is 0 Å². The van der Waals surface area contributed by atoms with Gasteiger partial charge in [0.2, 0.25) is 0 Å². The lowest BCUT2D eigenvalue weighted by molar-refractivity contribution is -0.143. The van der Waals surface area contributed by atoms with Crippen LogP contribution in [0.1, 0.15) is 42.1 Å². The lowest BCUT2D eigenvalue weighted by atomic mass is 9.92. The summed E-state index contributed by atoms with van der Waals surface area (Å²) in [6.45, 7) is 7.65. The molecule has 0 saturated carbocycles. The summed E-state index contributed by atoms with van der Waals surface area (Å²) in [5.41, 5.74) is 4.49. The quantitative estimate of drug-likeness (QED) is 0.459. The van der Waals surface area contributed by atoms with Crippen molar-refractivity contribution in [1.29, 1.82) is 0 Å². The van der Waals surface area contributed by atoms with Crippen LogP contribution >= 0.6 is 0 Å². The second-order valence-corrected chi connectivity index (χ2v) is 8.51. The average Bonchev–Trinajstić information content (AvgIpc) is 2.82. The lowest BCUT2D eigenvalue weighted by Crippen LogP contribution is -2.45. The van der Waals surface area contributed by atoms with Gasteiger partial charge in [-0.1, -0.05) is 54.6 Å². The summed E-state index contributed by atoms with van der Waals surface area (Å²) >= 11 is 0. The van der Waals surface area contributed by atoms with Gasteiger partial charge in [0.05, 0.1) is 23.4 Å². The lowest BCUT2D eigenvalue weighted by Gasteiger charge is -2.30. The maximum Gasteiger partial charge on any atom is 0.338 e. The Morgan fingerprint density at radius 3 is 2.29 bits per heavy atom. The van der Waals surface area contributed by atoms with E-state index in [1.807, 2.05) is 86.6 Å². The molecule has 174 valence electrons. The molecule has 0 fully saturated rings. The number of amides is 2. The highest BCUT2D eigenvalue weighted by molar-refractivity contribution is 6.04. The van der Waals surface area contributed by atoms with Crippen LogP contribution in [-0.2, 0) is 9.53 Å². The van der Waals surface area contributed by atoms with Crippen LogP contribution in [0.4, 0.5) is 4.79 Å². The Labute approximate surface area is 199 Å². The van der Waals surface area contributed by atoms with Gasteiger partial charge in [-0.15, -0.1) is 0 Å². The van der Waals surface area contributed by atoms with E-state index < -0.39 is 12.0 Å². The fraction of sp³-hybridized carbons (Fsp3) is 0.214. The molecule has 2 amide bonds. The zero-order valence-electron chi connectivity index (χ0n) is 19.7. The number of nitrogens with one attached hydrogen (secondary N) is 2. The molecule has 0 spiro atoms. The summed E-state index contributed by atoms with van der Waals surface area (Å²) < 4.78 is 11.6. The van der Waals surface area contributed by atoms with E-state index in [2.05, 4.69) is 10.6 Å². The van der Waals surface area contributed by atoms with Gasteiger partial charge in [-0.25, -0.2) is 9.59 Å². The molecule has 6 heteroatoms. The summed E-state index contributed by atoms with van der Waals surface area (Å²) in [5.74, 6) is 0.966. The number of hydrogen-bond donors (Lipinski definition) is 2. The highest BCUT2D eigenvalue weighted by atomic mass is 16.5. The van der Waals surface area contributed by atoms with E-state index >= 15 is 0 Å². The first-order valence-electron chi connectivity index (χ1n) is 11.3. The van der Waals surface area contributed by atoms with E-state index in [0.717, 1.165) is 28.0 Å². The van der Waals surface area contributed by atoms with Gasteiger partial charge in [-0.05, 0) is 68.1 Å². The van der Waals surface area contributed by atoms with Gasteiger partial charge >= 0.3 is 12.0 Å². The molecule has 6 nitrogen and oxygen atoms in total. The topological polar surface area (TPSA) is 76.7 Å². The third-order valence-corrected chi connectivity index (χ3v) is 5.69. The first-order chi connectivity index (χ1) is 16.3. The van der Waals surface area contributed by atoms with E-state index in [0.29, 0.717) is 17.0 Å². The molecule has 1 aliphatic heterocycles. The molecule has 3 aromatic rings. The number of benzene rings is 3. The van der Waals surface area contributed by atoms with Crippen LogP contribution in [0, 0.1) is 13.8 Å². The molecule has 0 aromatic heterocycles. The van der Waals surface area contributed by atoms with Crippen LogP contribution in [0.15, 0.2) is 78.4 Å². The molecule has 0 radical (unpaired) electrons. The van der Waals surface area contributed by atoms with Crippen molar-refractivity contribution >= 4 is 17.7 Å². The zero-order valence-corrected chi connectivity index (χ0v) is 19.7. The molecular weight excluding hydrogens is 428 g/mol. The van der Waals surface area contributed by atoms with Crippen LogP contribution in [0.2, 0.25) is 0 Å². The van der Waals surface area contributed by atoms with E-state index in [9.17, 15) is 9.59 Å². The Bertz CT molecular complexity index is 1230. The third-order valence-electron chi connectivity index (χ3n) is 5.69.